The molecule has 0 bridgehead atoms. The molecule has 1 saturated carbocycles. The molecule has 148 valence electrons. The van der Waals surface area contributed by atoms with E-state index in [1.807, 2.05) is 23.1 Å². The molecular weight excluding hydrogens is 374 g/mol. The number of carbonyl (C=O) groups excluding carboxylic acids is 1. The second kappa shape index (κ2) is 7.99. The standard InChI is InChI=1S/C21H25N3O3S/c25-19(26)16-14-22-24(15-16)17-8-12-23(13-9-17)20(27)21(10-4-5-11-21)28-18-6-2-1-3-7-18/h1-3,6-7,14-15,17H,4-5,8-13H2,(H,25,26). The van der Waals surface area contributed by atoms with Crippen LogP contribution in [0.25, 0.3) is 0 Å². The minimum Gasteiger partial charge on any atom is -0.478 e. The van der Waals surface area contributed by atoms with E-state index in [1.165, 1.54) is 6.20 Å². The van der Waals surface area contributed by atoms with Crippen LogP contribution in [0.15, 0.2) is 47.6 Å². The number of carbonyl (C=O) groups is 2. The van der Waals surface area contributed by atoms with Crippen molar-refractivity contribution in [2.75, 3.05) is 13.1 Å². The molecule has 2 aliphatic rings. The lowest BCUT2D eigenvalue weighted by atomic mass is 10.0. The number of amides is 1. The summed E-state index contributed by atoms with van der Waals surface area (Å²) in [7, 11) is 0. The van der Waals surface area contributed by atoms with Crippen molar-refractivity contribution >= 4 is 23.6 Å². The summed E-state index contributed by atoms with van der Waals surface area (Å²) in [6, 6.07) is 10.4. The first-order valence-corrected chi connectivity index (χ1v) is 10.7. The van der Waals surface area contributed by atoms with Gasteiger partial charge in [-0.3, -0.25) is 9.48 Å². The molecule has 0 radical (unpaired) electrons. The average Bonchev–Trinajstić information content (AvgIpc) is 3.39. The summed E-state index contributed by atoms with van der Waals surface area (Å²) < 4.78 is 1.41. The van der Waals surface area contributed by atoms with Gasteiger partial charge in [0.1, 0.15) is 0 Å². The van der Waals surface area contributed by atoms with Gasteiger partial charge < -0.3 is 10.0 Å². The van der Waals surface area contributed by atoms with Crippen molar-refractivity contribution in [1.29, 1.82) is 0 Å². The van der Waals surface area contributed by atoms with E-state index in [0.29, 0.717) is 13.1 Å². The molecule has 7 heteroatoms. The minimum atomic E-state index is -0.958. The third-order valence-electron chi connectivity index (χ3n) is 5.83. The maximum absolute atomic E-state index is 13.5. The molecule has 2 fully saturated rings. The van der Waals surface area contributed by atoms with E-state index in [4.69, 9.17) is 5.11 Å². The van der Waals surface area contributed by atoms with Crippen molar-refractivity contribution in [2.24, 2.45) is 0 Å². The molecule has 1 aliphatic heterocycles. The zero-order valence-electron chi connectivity index (χ0n) is 15.8. The number of likely N-dealkylation sites (tertiary alicyclic amines) is 1. The first kappa shape index (κ1) is 19.1. The highest BCUT2D eigenvalue weighted by Gasteiger charge is 2.45. The van der Waals surface area contributed by atoms with Gasteiger partial charge in [-0.1, -0.05) is 31.0 Å². The summed E-state index contributed by atoms with van der Waals surface area (Å²) in [5.41, 5.74) is 0.211. The fourth-order valence-corrected chi connectivity index (χ4v) is 5.74. The van der Waals surface area contributed by atoms with Crippen LogP contribution in [0.1, 0.15) is 54.9 Å². The van der Waals surface area contributed by atoms with Gasteiger partial charge in [0.15, 0.2) is 0 Å². The molecule has 1 saturated heterocycles. The second-order valence-corrected chi connectivity index (χ2v) is 9.11. The van der Waals surface area contributed by atoms with Gasteiger partial charge in [-0.15, -0.1) is 11.8 Å². The first-order chi connectivity index (χ1) is 13.6. The molecule has 6 nitrogen and oxygen atoms in total. The highest BCUT2D eigenvalue weighted by molar-refractivity contribution is 8.01. The van der Waals surface area contributed by atoms with E-state index < -0.39 is 5.97 Å². The van der Waals surface area contributed by atoms with Crippen LogP contribution in [-0.4, -0.2) is 49.5 Å². The van der Waals surface area contributed by atoms with Crippen LogP contribution < -0.4 is 0 Å². The number of hydrogen-bond acceptors (Lipinski definition) is 4. The molecule has 0 spiro atoms. The van der Waals surface area contributed by atoms with Crippen molar-refractivity contribution in [3.05, 3.63) is 48.3 Å². The van der Waals surface area contributed by atoms with E-state index in [2.05, 4.69) is 17.2 Å². The van der Waals surface area contributed by atoms with E-state index in [9.17, 15) is 9.59 Å². The lowest BCUT2D eigenvalue weighted by Crippen LogP contribution is -2.48. The zero-order chi connectivity index (χ0) is 19.6. The molecule has 1 aliphatic carbocycles. The summed E-state index contributed by atoms with van der Waals surface area (Å²) in [6.45, 7) is 1.39. The summed E-state index contributed by atoms with van der Waals surface area (Å²) in [5, 5.41) is 13.3. The van der Waals surface area contributed by atoms with Gasteiger partial charge in [-0.25, -0.2) is 4.79 Å². The maximum Gasteiger partial charge on any atom is 0.338 e. The Morgan fingerprint density at radius 2 is 1.79 bits per heavy atom. The van der Waals surface area contributed by atoms with Gasteiger partial charge in [-0.2, -0.15) is 5.10 Å². The Kier molecular flexibility index (Phi) is 5.44. The molecule has 1 amide bonds. The largest absolute Gasteiger partial charge is 0.478 e. The van der Waals surface area contributed by atoms with Crippen molar-refractivity contribution in [3.63, 3.8) is 0 Å². The number of thioether (sulfide) groups is 1. The van der Waals surface area contributed by atoms with E-state index in [0.717, 1.165) is 43.4 Å². The fourth-order valence-electron chi connectivity index (χ4n) is 4.29. The summed E-state index contributed by atoms with van der Waals surface area (Å²) >= 11 is 1.73. The molecule has 1 N–H and O–H groups in total. The Balaban J connectivity index is 1.42. The van der Waals surface area contributed by atoms with Crippen molar-refractivity contribution in [2.45, 2.75) is 54.2 Å². The Morgan fingerprint density at radius 1 is 1.11 bits per heavy atom. The highest BCUT2D eigenvalue weighted by Crippen LogP contribution is 2.47. The number of aromatic carboxylic acids is 1. The van der Waals surface area contributed by atoms with E-state index in [1.54, 1.807) is 22.6 Å². The zero-order valence-corrected chi connectivity index (χ0v) is 16.6. The lowest BCUT2D eigenvalue weighted by Gasteiger charge is -2.38. The van der Waals surface area contributed by atoms with Crippen LogP contribution in [0.3, 0.4) is 0 Å². The third-order valence-corrected chi connectivity index (χ3v) is 7.31. The Bertz CT molecular complexity index is 838. The van der Waals surface area contributed by atoms with Crippen LogP contribution in [-0.2, 0) is 4.79 Å². The second-order valence-electron chi connectivity index (χ2n) is 7.65. The maximum atomic E-state index is 13.5. The van der Waals surface area contributed by atoms with Crippen LogP contribution >= 0.6 is 11.8 Å². The molecule has 0 unspecified atom stereocenters. The lowest BCUT2D eigenvalue weighted by molar-refractivity contribution is -0.135. The SMILES string of the molecule is O=C(O)c1cnn(C2CCN(C(=O)C3(Sc4ccccc4)CCCC3)CC2)c1. The normalized spacial score (nSPS) is 19.6. The quantitative estimate of drug-likeness (QED) is 0.826. The number of hydrogen-bond donors (Lipinski definition) is 1. The molecule has 1 aromatic carbocycles. The van der Waals surface area contributed by atoms with Crippen LogP contribution in [0.2, 0.25) is 0 Å². The molecule has 28 heavy (non-hydrogen) atoms. The molecule has 0 atom stereocenters. The fraction of sp³-hybridized carbons (Fsp3) is 0.476. The predicted molar refractivity (Wildman–Crippen MR) is 108 cm³/mol. The Hall–Kier alpha value is -2.28. The van der Waals surface area contributed by atoms with Crippen molar-refractivity contribution in [1.82, 2.24) is 14.7 Å². The number of carboxylic acid groups (broad SMARTS) is 1. The number of aromatic nitrogens is 2. The van der Waals surface area contributed by atoms with Crippen LogP contribution in [0.4, 0.5) is 0 Å². The van der Waals surface area contributed by atoms with Gasteiger partial charge in [0.25, 0.3) is 0 Å². The summed E-state index contributed by atoms with van der Waals surface area (Å²) in [6.07, 6.45) is 8.68. The number of piperidine rings is 1. The number of carboxylic acids is 1. The Morgan fingerprint density at radius 3 is 2.39 bits per heavy atom. The van der Waals surface area contributed by atoms with Gasteiger partial charge in [0.2, 0.25) is 5.91 Å². The number of benzene rings is 1. The number of nitrogens with zero attached hydrogens (tertiary/aromatic N) is 3. The molecular formula is C21H25N3O3S. The summed E-state index contributed by atoms with van der Waals surface area (Å²) in [5.74, 6) is -0.691. The van der Waals surface area contributed by atoms with E-state index >= 15 is 0 Å². The molecule has 4 rings (SSSR count). The molecule has 2 heterocycles. The third kappa shape index (κ3) is 3.81. The summed E-state index contributed by atoms with van der Waals surface area (Å²) in [4.78, 5) is 27.7. The topological polar surface area (TPSA) is 75.4 Å². The number of rotatable bonds is 5. The first-order valence-electron chi connectivity index (χ1n) is 9.88. The van der Waals surface area contributed by atoms with Gasteiger partial charge in [0, 0.05) is 24.2 Å². The predicted octanol–water partition coefficient (Wildman–Crippen LogP) is 3.85. The van der Waals surface area contributed by atoms with Crippen LogP contribution in [0.5, 0.6) is 0 Å². The monoisotopic (exact) mass is 399 g/mol. The smallest absolute Gasteiger partial charge is 0.338 e. The van der Waals surface area contributed by atoms with Crippen molar-refractivity contribution in [3.8, 4) is 0 Å². The van der Waals surface area contributed by atoms with Crippen molar-refractivity contribution < 1.29 is 14.7 Å². The minimum absolute atomic E-state index is 0.151. The molecule has 1 aromatic heterocycles. The van der Waals surface area contributed by atoms with Gasteiger partial charge in [0.05, 0.1) is 22.5 Å². The van der Waals surface area contributed by atoms with Crippen LogP contribution in [0, 0.1) is 0 Å². The van der Waals surface area contributed by atoms with E-state index in [-0.39, 0.29) is 22.3 Å². The molecule has 2 aromatic rings. The Labute approximate surface area is 168 Å². The van der Waals surface area contributed by atoms with Gasteiger partial charge in [-0.05, 0) is 37.8 Å². The average molecular weight is 400 g/mol. The highest BCUT2D eigenvalue weighted by atomic mass is 32.2. The van der Waals surface area contributed by atoms with Gasteiger partial charge >= 0.3 is 5.97 Å².